The number of hydrogen-bond acceptors (Lipinski definition) is 5. The molecule has 0 saturated carbocycles. The topological polar surface area (TPSA) is 68.6 Å². The van der Waals surface area contributed by atoms with Crippen molar-refractivity contribution in [1.82, 2.24) is 19.9 Å². The van der Waals surface area contributed by atoms with Crippen molar-refractivity contribution < 1.29 is 4.79 Å². The predicted octanol–water partition coefficient (Wildman–Crippen LogP) is 5.50. The molecule has 160 valence electrons. The van der Waals surface area contributed by atoms with Gasteiger partial charge in [-0.2, -0.15) is 0 Å². The first-order valence-corrected chi connectivity index (χ1v) is 10.9. The first-order chi connectivity index (χ1) is 15.6. The van der Waals surface area contributed by atoms with Crippen molar-refractivity contribution in [3.8, 4) is 0 Å². The minimum absolute atomic E-state index is 0.0363. The van der Waals surface area contributed by atoms with Crippen LogP contribution < -0.4 is 0 Å². The van der Waals surface area contributed by atoms with Crippen LogP contribution in [0.4, 0.5) is 0 Å². The summed E-state index contributed by atoms with van der Waals surface area (Å²) in [6.45, 7) is 0. The maximum atomic E-state index is 14.1. The van der Waals surface area contributed by atoms with Crippen LogP contribution in [0.2, 0.25) is 10.0 Å². The Bertz CT molecular complexity index is 1100. The van der Waals surface area contributed by atoms with Gasteiger partial charge in [-0.25, -0.2) is 0 Å². The minimum atomic E-state index is -0.557. The highest BCUT2D eigenvalue weighted by atomic mass is 35.5. The molecule has 4 aromatic heterocycles. The molecule has 0 amide bonds. The summed E-state index contributed by atoms with van der Waals surface area (Å²) in [5, 5.41) is 1.05. The second-order valence-corrected chi connectivity index (χ2v) is 8.23. The highest BCUT2D eigenvalue weighted by molar-refractivity contribution is 6.30. The SMILES string of the molecule is O=C(C(Cc1ccccn1)c1cc(Cl)ccn1)C(Cc1ccccn1)c1cc(Cl)ccn1. The second-order valence-electron chi connectivity index (χ2n) is 7.36. The molecule has 2 atom stereocenters. The molecule has 0 aromatic carbocycles. The predicted molar refractivity (Wildman–Crippen MR) is 125 cm³/mol. The zero-order valence-electron chi connectivity index (χ0n) is 17.1. The minimum Gasteiger partial charge on any atom is -0.298 e. The molecule has 4 aromatic rings. The quantitative estimate of drug-likeness (QED) is 0.345. The number of nitrogens with zero attached hydrogens (tertiary/aromatic N) is 4. The molecule has 4 rings (SSSR count). The lowest BCUT2D eigenvalue weighted by Gasteiger charge is -2.22. The van der Waals surface area contributed by atoms with Crippen molar-refractivity contribution in [1.29, 1.82) is 0 Å². The number of Topliss-reactive ketones (excluding diaryl/α,β-unsaturated/α-hetero) is 1. The Morgan fingerprint density at radius 1 is 0.656 bits per heavy atom. The highest BCUT2D eigenvalue weighted by Gasteiger charge is 2.32. The largest absolute Gasteiger partial charge is 0.298 e. The Morgan fingerprint density at radius 2 is 1.12 bits per heavy atom. The fourth-order valence-corrected chi connectivity index (χ4v) is 3.96. The number of aromatic nitrogens is 4. The third kappa shape index (κ3) is 5.55. The summed E-state index contributed by atoms with van der Waals surface area (Å²) in [7, 11) is 0. The Morgan fingerprint density at radius 3 is 1.50 bits per heavy atom. The molecule has 0 N–H and O–H groups in total. The van der Waals surface area contributed by atoms with Crippen LogP contribution in [0.15, 0.2) is 85.5 Å². The van der Waals surface area contributed by atoms with Gasteiger partial charge < -0.3 is 0 Å². The molecule has 5 nitrogen and oxygen atoms in total. The van der Waals surface area contributed by atoms with Gasteiger partial charge >= 0.3 is 0 Å². The van der Waals surface area contributed by atoms with E-state index in [0.29, 0.717) is 34.3 Å². The molecule has 32 heavy (non-hydrogen) atoms. The van der Waals surface area contributed by atoms with Gasteiger partial charge in [-0.15, -0.1) is 0 Å². The summed E-state index contributed by atoms with van der Waals surface area (Å²) in [5.41, 5.74) is 2.79. The number of ketones is 1. The molecule has 0 aliphatic rings. The Hall–Kier alpha value is -3.15. The Balaban J connectivity index is 1.76. The first kappa shape index (κ1) is 22.1. The van der Waals surface area contributed by atoms with Crippen LogP contribution in [0.25, 0.3) is 0 Å². The van der Waals surface area contributed by atoms with Crippen LogP contribution in [-0.4, -0.2) is 25.7 Å². The molecule has 0 bridgehead atoms. The van der Waals surface area contributed by atoms with E-state index in [4.69, 9.17) is 23.2 Å². The molecule has 0 spiro atoms. The van der Waals surface area contributed by atoms with Crippen LogP contribution in [0.1, 0.15) is 34.6 Å². The van der Waals surface area contributed by atoms with Crippen LogP contribution in [0.3, 0.4) is 0 Å². The van der Waals surface area contributed by atoms with E-state index in [9.17, 15) is 4.79 Å². The van der Waals surface area contributed by atoms with Gasteiger partial charge in [0, 0.05) is 59.1 Å². The fourth-order valence-electron chi connectivity index (χ4n) is 3.62. The molecule has 0 fully saturated rings. The van der Waals surface area contributed by atoms with Crippen molar-refractivity contribution in [3.63, 3.8) is 0 Å². The molecule has 7 heteroatoms. The normalized spacial score (nSPS) is 12.8. The lowest BCUT2D eigenvalue weighted by molar-refractivity contribution is -0.122. The number of pyridine rings is 4. The summed E-state index contributed by atoms with van der Waals surface area (Å²) < 4.78 is 0. The van der Waals surface area contributed by atoms with Crippen LogP contribution >= 0.6 is 23.2 Å². The second kappa shape index (κ2) is 10.4. The van der Waals surface area contributed by atoms with Gasteiger partial charge in [0.15, 0.2) is 5.78 Å². The van der Waals surface area contributed by atoms with E-state index in [1.54, 1.807) is 49.1 Å². The zero-order valence-corrected chi connectivity index (χ0v) is 18.6. The summed E-state index contributed by atoms with van der Waals surface area (Å²) in [5.74, 6) is -1.15. The van der Waals surface area contributed by atoms with E-state index in [1.165, 1.54) is 0 Å². The Kier molecular flexibility index (Phi) is 7.20. The van der Waals surface area contributed by atoms with Crippen molar-refractivity contribution in [2.24, 2.45) is 0 Å². The van der Waals surface area contributed by atoms with Crippen LogP contribution in [-0.2, 0) is 17.6 Å². The van der Waals surface area contributed by atoms with Gasteiger partial charge in [-0.1, -0.05) is 35.3 Å². The van der Waals surface area contributed by atoms with Crippen LogP contribution in [0.5, 0.6) is 0 Å². The summed E-state index contributed by atoms with van der Waals surface area (Å²) in [6, 6.07) is 18.1. The average Bonchev–Trinajstić information content (AvgIpc) is 2.82. The van der Waals surface area contributed by atoms with E-state index in [0.717, 1.165) is 11.4 Å². The summed E-state index contributed by atoms with van der Waals surface area (Å²) >= 11 is 12.5. The maximum Gasteiger partial charge on any atom is 0.151 e. The van der Waals surface area contributed by atoms with Gasteiger partial charge in [-0.05, 0) is 48.5 Å². The summed E-state index contributed by atoms with van der Waals surface area (Å²) in [4.78, 5) is 31.8. The zero-order chi connectivity index (χ0) is 22.3. The molecule has 0 aliphatic carbocycles. The molecule has 4 heterocycles. The van der Waals surface area contributed by atoms with Crippen molar-refractivity contribution in [3.05, 3.63) is 118 Å². The van der Waals surface area contributed by atoms with Crippen molar-refractivity contribution >= 4 is 29.0 Å². The molecule has 0 radical (unpaired) electrons. The molecule has 0 aliphatic heterocycles. The van der Waals surface area contributed by atoms with Gasteiger partial charge in [0.05, 0.1) is 23.2 Å². The maximum absolute atomic E-state index is 14.1. The van der Waals surface area contributed by atoms with Gasteiger partial charge in [0.1, 0.15) is 0 Å². The number of halogens is 2. The first-order valence-electron chi connectivity index (χ1n) is 10.2. The lowest BCUT2D eigenvalue weighted by Crippen LogP contribution is -2.26. The average molecular weight is 463 g/mol. The van der Waals surface area contributed by atoms with E-state index in [-0.39, 0.29) is 5.78 Å². The third-order valence-electron chi connectivity index (χ3n) is 5.17. The summed E-state index contributed by atoms with van der Waals surface area (Å²) in [6.07, 6.45) is 7.44. The molecule has 0 saturated heterocycles. The number of carbonyl (C=O) groups is 1. The number of carbonyl (C=O) groups excluding carboxylic acids is 1. The Labute approximate surface area is 196 Å². The monoisotopic (exact) mass is 462 g/mol. The molecule has 2 unspecified atom stereocenters. The number of rotatable bonds is 8. The van der Waals surface area contributed by atoms with Gasteiger partial charge in [0.25, 0.3) is 0 Å². The fraction of sp³-hybridized carbons (Fsp3) is 0.160. The van der Waals surface area contributed by atoms with Crippen molar-refractivity contribution in [2.75, 3.05) is 0 Å². The molecular weight excluding hydrogens is 443 g/mol. The van der Waals surface area contributed by atoms with E-state index < -0.39 is 11.8 Å². The van der Waals surface area contributed by atoms with Gasteiger partial charge in [0.2, 0.25) is 0 Å². The highest BCUT2D eigenvalue weighted by Crippen LogP contribution is 2.31. The van der Waals surface area contributed by atoms with E-state index >= 15 is 0 Å². The molecular formula is C25H20Cl2N4O. The van der Waals surface area contributed by atoms with Crippen molar-refractivity contribution in [2.45, 2.75) is 24.7 Å². The third-order valence-corrected chi connectivity index (χ3v) is 5.64. The van der Waals surface area contributed by atoms with E-state index in [1.807, 2.05) is 36.4 Å². The lowest BCUT2D eigenvalue weighted by atomic mass is 9.82. The smallest absolute Gasteiger partial charge is 0.151 e. The van der Waals surface area contributed by atoms with E-state index in [2.05, 4.69) is 19.9 Å². The van der Waals surface area contributed by atoms with Crippen LogP contribution in [0, 0.1) is 0 Å². The van der Waals surface area contributed by atoms with Gasteiger partial charge in [-0.3, -0.25) is 24.7 Å². The number of hydrogen-bond donors (Lipinski definition) is 0. The standard InChI is InChI=1S/C25H20Cl2N4O/c26-17-7-11-30-23(13-17)21(15-19-5-1-3-9-28-19)25(32)22(16-20-6-2-4-10-29-20)24-14-18(27)8-12-31-24/h1-14,21-22H,15-16H2.